The van der Waals surface area contributed by atoms with Crippen LogP contribution in [0.4, 0.5) is 0 Å². The summed E-state index contributed by atoms with van der Waals surface area (Å²) in [5.74, 6) is 0.518. The van der Waals surface area contributed by atoms with E-state index in [1.807, 2.05) is 12.1 Å². The highest BCUT2D eigenvalue weighted by molar-refractivity contribution is 5.99. The average Bonchev–Trinajstić information content (AvgIpc) is 3.20. The standard InChI is InChI=1S/C22H29N3O4/c1-23-8-9-24(2)11-13-25(12-10-23)7-3-14-27-22-20-18(6-15-28-20)16-17-4-5-19(26)29-21(17)22/h4-6,15-16H,3,7-14H2,1-2H3. The molecule has 1 aliphatic rings. The van der Waals surface area contributed by atoms with Gasteiger partial charge in [0.15, 0.2) is 11.2 Å². The fourth-order valence-electron chi connectivity index (χ4n) is 3.72. The van der Waals surface area contributed by atoms with E-state index in [2.05, 4.69) is 28.8 Å². The van der Waals surface area contributed by atoms with Crippen LogP contribution in [0.2, 0.25) is 0 Å². The first-order valence-corrected chi connectivity index (χ1v) is 10.3. The molecule has 3 heterocycles. The Bertz CT molecular complexity index is 998. The summed E-state index contributed by atoms with van der Waals surface area (Å²) in [5.41, 5.74) is 0.682. The summed E-state index contributed by atoms with van der Waals surface area (Å²) < 4.78 is 17.1. The van der Waals surface area contributed by atoms with E-state index in [0.717, 1.165) is 63.0 Å². The fourth-order valence-corrected chi connectivity index (χ4v) is 3.72. The van der Waals surface area contributed by atoms with Gasteiger partial charge in [0.1, 0.15) is 0 Å². The molecule has 1 fully saturated rings. The van der Waals surface area contributed by atoms with E-state index < -0.39 is 5.63 Å². The first-order chi connectivity index (χ1) is 14.1. The molecule has 0 unspecified atom stereocenters. The number of likely N-dealkylation sites (N-methyl/N-ethyl adjacent to an activating group) is 2. The highest BCUT2D eigenvalue weighted by atomic mass is 16.5. The van der Waals surface area contributed by atoms with Gasteiger partial charge in [0, 0.05) is 62.7 Å². The molecule has 4 rings (SSSR count). The zero-order valence-corrected chi connectivity index (χ0v) is 17.2. The zero-order chi connectivity index (χ0) is 20.2. The zero-order valence-electron chi connectivity index (χ0n) is 17.2. The summed E-state index contributed by atoms with van der Waals surface area (Å²) in [6, 6.07) is 7.02. The maximum absolute atomic E-state index is 11.7. The molecule has 0 radical (unpaired) electrons. The highest BCUT2D eigenvalue weighted by Gasteiger charge is 2.16. The number of fused-ring (bicyclic) bond motifs is 2. The lowest BCUT2D eigenvalue weighted by Crippen LogP contribution is -2.35. The maximum Gasteiger partial charge on any atom is 0.336 e. The van der Waals surface area contributed by atoms with E-state index in [0.29, 0.717) is 23.5 Å². The molecule has 1 aliphatic heterocycles. The molecule has 29 heavy (non-hydrogen) atoms. The van der Waals surface area contributed by atoms with Gasteiger partial charge >= 0.3 is 5.63 Å². The van der Waals surface area contributed by atoms with Gasteiger partial charge in [0.2, 0.25) is 5.75 Å². The van der Waals surface area contributed by atoms with E-state index in [4.69, 9.17) is 13.6 Å². The van der Waals surface area contributed by atoms with Crippen LogP contribution in [0, 0.1) is 0 Å². The number of nitrogens with zero attached hydrogens (tertiary/aromatic N) is 3. The van der Waals surface area contributed by atoms with Gasteiger partial charge in [-0.15, -0.1) is 0 Å². The molecule has 0 N–H and O–H groups in total. The minimum Gasteiger partial charge on any atom is -0.486 e. The molecule has 0 spiro atoms. The number of rotatable bonds is 5. The van der Waals surface area contributed by atoms with Crippen molar-refractivity contribution in [1.82, 2.24) is 14.7 Å². The Labute approximate surface area is 170 Å². The van der Waals surface area contributed by atoms with Crippen molar-refractivity contribution in [2.24, 2.45) is 0 Å². The summed E-state index contributed by atoms with van der Waals surface area (Å²) in [6.45, 7) is 8.02. The predicted molar refractivity (Wildman–Crippen MR) is 114 cm³/mol. The van der Waals surface area contributed by atoms with Crippen molar-refractivity contribution >= 4 is 21.9 Å². The van der Waals surface area contributed by atoms with Gasteiger partial charge in [-0.2, -0.15) is 0 Å². The van der Waals surface area contributed by atoms with Crippen molar-refractivity contribution in [3.63, 3.8) is 0 Å². The van der Waals surface area contributed by atoms with Crippen LogP contribution >= 0.6 is 0 Å². The number of ether oxygens (including phenoxy) is 1. The molecule has 156 valence electrons. The van der Waals surface area contributed by atoms with Crippen LogP contribution in [0.15, 0.2) is 44.2 Å². The molecule has 1 aromatic carbocycles. The summed E-state index contributed by atoms with van der Waals surface area (Å²) >= 11 is 0. The molecule has 1 saturated heterocycles. The summed E-state index contributed by atoms with van der Waals surface area (Å²) in [4.78, 5) is 19.0. The van der Waals surface area contributed by atoms with Gasteiger partial charge in [-0.05, 0) is 38.7 Å². The van der Waals surface area contributed by atoms with Crippen LogP contribution in [0.1, 0.15) is 6.42 Å². The van der Waals surface area contributed by atoms with Gasteiger partial charge in [-0.1, -0.05) is 0 Å². The van der Waals surface area contributed by atoms with Gasteiger partial charge in [-0.25, -0.2) is 4.79 Å². The van der Waals surface area contributed by atoms with Crippen LogP contribution in [0.25, 0.3) is 21.9 Å². The van der Waals surface area contributed by atoms with E-state index in [1.165, 1.54) is 6.07 Å². The van der Waals surface area contributed by atoms with Crippen molar-refractivity contribution in [3.8, 4) is 5.75 Å². The van der Waals surface area contributed by atoms with Crippen LogP contribution in [0.3, 0.4) is 0 Å². The Morgan fingerprint density at radius 2 is 1.62 bits per heavy atom. The lowest BCUT2D eigenvalue weighted by atomic mass is 10.1. The molecular formula is C22H29N3O4. The Morgan fingerprint density at radius 3 is 2.38 bits per heavy atom. The minimum atomic E-state index is -0.391. The van der Waals surface area contributed by atoms with Crippen LogP contribution < -0.4 is 10.4 Å². The average molecular weight is 399 g/mol. The summed E-state index contributed by atoms with van der Waals surface area (Å²) in [5, 5.41) is 1.77. The first-order valence-electron chi connectivity index (χ1n) is 10.3. The third kappa shape index (κ3) is 4.80. The number of hydrogen-bond acceptors (Lipinski definition) is 7. The van der Waals surface area contributed by atoms with Crippen LogP contribution in [-0.2, 0) is 0 Å². The molecule has 0 aliphatic carbocycles. The van der Waals surface area contributed by atoms with Crippen molar-refractivity contribution in [2.45, 2.75) is 6.42 Å². The van der Waals surface area contributed by atoms with Crippen molar-refractivity contribution < 1.29 is 13.6 Å². The second kappa shape index (κ2) is 8.98. The van der Waals surface area contributed by atoms with Gasteiger partial charge in [0.25, 0.3) is 0 Å². The maximum atomic E-state index is 11.7. The van der Waals surface area contributed by atoms with E-state index >= 15 is 0 Å². The molecular weight excluding hydrogens is 370 g/mol. The normalized spacial score (nSPS) is 18.0. The molecule has 7 nitrogen and oxygen atoms in total. The SMILES string of the molecule is CN1CCN(C)CCN(CCCOc2c3occc3cc3ccc(=O)oc23)CC1. The topological polar surface area (TPSA) is 62.3 Å². The first kappa shape index (κ1) is 19.9. The third-order valence-electron chi connectivity index (χ3n) is 5.61. The van der Waals surface area contributed by atoms with E-state index in [-0.39, 0.29) is 0 Å². The monoisotopic (exact) mass is 399 g/mol. The van der Waals surface area contributed by atoms with Crippen LogP contribution in [-0.4, -0.2) is 81.2 Å². The molecule has 7 heteroatoms. The molecule has 0 atom stereocenters. The molecule has 0 bridgehead atoms. The molecule has 2 aromatic heterocycles. The number of benzene rings is 1. The Hall–Kier alpha value is -2.35. The largest absolute Gasteiger partial charge is 0.486 e. The van der Waals surface area contributed by atoms with Crippen molar-refractivity contribution in [1.29, 1.82) is 0 Å². The quantitative estimate of drug-likeness (QED) is 0.482. The van der Waals surface area contributed by atoms with Gasteiger partial charge in [-0.3, -0.25) is 0 Å². The lowest BCUT2D eigenvalue weighted by Gasteiger charge is -2.24. The smallest absolute Gasteiger partial charge is 0.336 e. The highest BCUT2D eigenvalue weighted by Crippen LogP contribution is 2.34. The number of hydrogen-bond donors (Lipinski definition) is 0. The second-order valence-electron chi connectivity index (χ2n) is 7.87. The molecule has 3 aromatic rings. The predicted octanol–water partition coefficient (Wildman–Crippen LogP) is 2.49. The van der Waals surface area contributed by atoms with Gasteiger partial charge < -0.3 is 28.3 Å². The van der Waals surface area contributed by atoms with Crippen LogP contribution in [0.5, 0.6) is 5.75 Å². The van der Waals surface area contributed by atoms with Crippen molar-refractivity contribution in [2.75, 3.05) is 66.5 Å². The minimum absolute atomic E-state index is 0.391. The molecule has 0 saturated carbocycles. The second-order valence-corrected chi connectivity index (χ2v) is 7.87. The molecule has 0 amide bonds. The lowest BCUT2D eigenvalue weighted by molar-refractivity contribution is 0.211. The van der Waals surface area contributed by atoms with Crippen molar-refractivity contribution in [3.05, 3.63) is 40.9 Å². The fraction of sp³-hybridized carbons (Fsp3) is 0.500. The summed E-state index contributed by atoms with van der Waals surface area (Å²) in [6.07, 6.45) is 2.52. The summed E-state index contributed by atoms with van der Waals surface area (Å²) in [7, 11) is 4.37. The third-order valence-corrected chi connectivity index (χ3v) is 5.61. The Morgan fingerprint density at radius 1 is 0.931 bits per heavy atom. The van der Waals surface area contributed by atoms with Gasteiger partial charge in [0.05, 0.1) is 12.9 Å². The van der Waals surface area contributed by atoms with E-state index in [9.17, 15) is 4.79 Å². The number of furan rings is 1. The Kier molecular flexibility index (Phi) is 6.18. The Balaban J connectivity index is 1.42. The van der Waals surface area contributed by atoms with E-state index in [1.54, 1.807) is 12.3 Å².